The lowest BCUT2D eigenvalue weighted by Gasteiger charge is -2.23. The molecule has 0 aliphatic rings. The van der Waals surface area contributed by atoms with Gasteiger partial charge in [0.25, 0.3) is 0 Å². The summed E-state index contributed by atoms with van der Waals surface area (Å²) in [7, 11) is 1.67. The molecule has 0 saturated heterocycles. The molecule has 1 aromatic rings. The first kappa shape index (κ1) is 13.5. The van der Waals surface area contributed by atoms with Gasteiger partial charge in [0.1, 0.15) is 5.75 Å². The minimum atomic E-state index is -0.0338. The molecule has 0 aliphatic heterocycles. The number of halogens is 1. The average Bonchev–Trinajstić information content (AvgIpc) is 2.14. The van der Waals surface area contributed by atoms with E-state index in [4.69, 9.17) is 10.5 Å². The van der Waals surface area contributed by atoms with Crippen molar-refractivity contribution >= 4 is 15.9 Å². The van der Waals surface area contributed by atoms with Crippen molar-refractivity contribution < 1.29 is 4.74 Å². The molecule has 1 atom stereocenters. The molecule has 16 heavy (non-hydrogen) atoms. The summed E-state index contributed by atoms with van der Waals surface area (Å²) >= 11 is 3.54. The van der Waals surface area contributed by atoms with E-state index in [2.05, 4.69) is 48.8 Å². The van der Waals surface area contributed by atoms with Gasteiger partial charge in [-0.15, -0.1) is 0 Å². The van der Waals surface area contributed by atoms with Gasteiger partial charge in [0.2, 0.25) is 0 Å². The third-order valence-corrected chi connectivity index (χ3v) is 3.22. The topological polar surface area (TPSA) is 35.2 Å². The fourth-order valence-electron chi connectivity index (χ4n) is 1.60. The number of benzene rings is 1. The van der Waals surface area contributed by atoms with Crippen LogP contribution in [-0.4, -0.2) is 7.11 Å². The Morgan fingerprint density at radius 3 is 2.25 bits per heavy atom. The highest BCUT2D eigenvalue weighted by atomic mass is 79.9. The predicted molar refractivity (Wildman–Crippen MR) is 72.0 cm³/mol. The molecule has 0 heterocycles. The van der Waals surface area contributed by atoms with Crippen molar-refractivity contribution in [3.05, 3.63) is 27.7 Å². The molecule has 0 bridgehead atoms. The fraction of sp³-hybridized carbons (Fsp3) is 0.538. The van der Waals surface area contributed by atoms with Gasteiger partial charge >= 0.3 is 0 Å². The van der Waals surface area contributed by atoms with Crippen LogP contribution >= 0.6 is 15.9 Å². The quantitative estimate of drug-likeness (QED) is 0.898. The molecular formula is C13H20BrNO. The van der Waals surface area contributed by atoms with Crippen LogP contribution in [-0.2, 0) is 5.41 Å². The Labute approximate surface area is 106 Å². The second kappa shape index (κ2) is 4.76. The van der Waals surface area contributed by atoms with Crippen LogP contribution in [0.2, 0.25) is 0 Å². The van der Waals surface area contributed by atoms with E-state index in [-0.39, 0.29) is 11.5 Å². The lowest BCUT2D eigenvalue weighted by molar-refractivity contribution is 0.403. The molecule has 0 amide bonds. The molecule has 2 nitrogen and oxygen atoms in total. The number of hydrogen-bond acceptors (Lipinski definition) is 2. The SMILES string of the molecule is COc1c(Br)cc(C(C)(C)C)cc1C(C)N. The summed E-state index contributed by atoms with van der Waals surface area (Å²) in [4.78, 5) is 0. The highest BCUT2D eigenvalue weighted by Gasteiger charge is 2.19. The first-order valence-electron chi connectivity index (χ1n) is 5.41. The van der Waals surface area contributed by atoms with Gasteiger partial charge in [-0.1, -0.05) is 20.8 Å². The van der Waals surface area contributed by atoms with Gasteiger partial charge in [-0.3, -0.25) is 0 Å². The van der Waals surface area contributed by atoms with E-state index in [1.807, 2.05) is 6.92 Å². The van der Waals surface area contributed by atoms with Crippen LogP contribution < -0.4 is 10.5 Å². The summed E-state index contributed by atoms with van der Waals surface area (Å²) in [5.74, 6) is 0.836. The minimum absolute atomic E-state index is 0.0338. The van der Waals surface area contributed by atoms with Crippen molar-refractivity contribution in [3.63, 3.8) is 0 Å². The molecular weight excluding hydrogens is 266 g/mol. The van der Waals surface area contributed by atoms with Crippen LogP contribution in [0.5, 0.6) is 5.75 Å². The van der Waals surface area contributed by atoms with Gasteiger partial charge in [-0.05, 0) is 46.0 Å². The molecule has 90 valence electrons. The van der Waals surface area contributed by atoms with E-state index in [0.717, 1.165) is 15.8 Å². The highest BCUT2D eigenvalue weighted by Crippen LogP contribution is 2.37. The third kappa shape index (κ3) is 2.77. The van der Waals surface area contributed by atoms with E-state index in [1.54, 1.807) is 7.11 Å². The van der Waals surface area contributed by atoms with Crippen LogP contribution in [0.1, 0.15) is 44.9 Å². The summed E-state index contributed by atoms with van der Waals surface area (Å²) in [6, 6.07) is 4.20. The van der Waals surface area contributed by atoms with E-state index in [9.17, 15) is 0 Å². The van der Waals surface area contributed by atoms with E-state index >= 15 is 0 Å². The first-order valence-corrected chi connectivity index (χ1v) is 6.20. The molecule has 0 saturated carbocycles. The highest BCUT2D eigenvalue weighted by molar-refractivity contribution is 9.10. The number of methoxy groups -OCH3 is 1. The Morgan fingerprint density at radius 1 is 1.31 bits per heavy atom. The normalized spacial score (nSPS) is 13.7. The first-order chi connectivity index (χ1) is 7.27. The van der Waals surface area contributed by atoms with Crippen molar-refractivity contribution in [2.45, 2.75) is 39.2 Å². The molecule has 2 N–H and O–H groups in total. The Morgan fingerprint density at radius 2 is 1.88 bits per heavy atom. The average molecular weight is 286 g/mol. The summed E-state index contributed by atoms with van der Waals surface area (Å²) in [5.41, 5.74) is 8.38. The Bertz CT molecular complexity index is 380. The van der Waals surface area contributed by atoms with Crippen molar-refractivity contribution in [2.75, 3.05) is 7.11 Å². The Balaban J connectivity index is 3.40. The zero-order valence-corrected chi connectivity index (χ0v) is 12.2. The molecule has 1 unspecified atom stereocenters. The van der Waals surface area contributed by atoms with E-state index in [0.29, 0.717) is 0 Å². The Hall–Kier alpha value is -0.540. The summed E-state index contributed by atoms with van der Waals surface area (Å²) < 4.78 is 6.35. The number of hydrogen-bond donors (Lipinski definition) is 1. The summed E-state index contributed by atoms with van der Waals surface area (Å²) in [5, 5.41) is 0. The van der Waals surface area contributed by atoms with Gasteiger partial charge in [-0.25, -0.2) is 0 Å². The van der Waals surface area contributed by atoms with Crippen molar-refractivity contribution in [3.8, 4) is 5.75 Å². The maximum Gasteiger partial charge on any atom is 0.137 e. The van der Waals surface area contributed by atoms with Gasteiger partial charge in [0.05, 0.1) is 11.6 Å². The van der Waals surface area contributed by atoms with Gasteiger partial charge < -0.3 is 10.5 Å². The lowest BCUT2D eigenvalue weighted by atomic mass is 9.85. The van der Waals surface area contributed by atoms with Crippen molar-refractivity contribution in [1.82, 2.24) is 0 Å². The Kier molecular flexibility index (Phi) is 4.02. The molecule has 0 fully saturated rings. The van der Waals surface area contributed by atoms with Crippen LogP contribution in [0.3, 0.4) is 0 Å². The number of ether oxygens (including phenoxy) is 1. The molecule has 0 radical (unpaired) electrons. The van der Waals surface area contributed by atoms with Crippen molar-refractivity contribution in [2.24, 2.45) is 5.73 Å². The molecule has 0 aliphatic carbocycles. The number of nitrogens with two attached hydrogens (primary N) is 1. The zero-order valence-electron chi connectivity index (χ0n) is 10.6. The van der Waals surface area contributed by atoms with E-state index < -0.39 is 0 Å². The van der Waals surface area contributed by atoms with Gasteiger partial charge in [0.15, 0.2) is 0 Å². The maximum atomic E-state index is 5.97. The molecule has 1 rings (SSSR count). The summed E-state index contributed by atoms with van der Waals surface area (Å²) in [6.07, 6.45) is 0. The van der Waals surface area contributed by atoms with Crippen LogP contribution in [0, 0.1) is 0 Å². The predicted octanol–water partition coefficient (Wildman–Crippen LogP) is 3.77. The smallest absolute Gasteiger partial charge is 0.137 e. The molecule has 0 spiro atoms. The standard InChI is InChI=1S/C13H20BrNO/c1-8(15)10-6-9(13(2,3)4)7-11(14)12(10)16-5/h6-8H,15H2,1-5H3. The largest absolute Gasteiger partial charge is 0.495 e. The van der Waals surface area contributed by atoms with E-state index in [1.165, 1.54) is 5.56 Å². The molecule has 1 aromatic carbocycles. The van der Waals surface area contributed by atoms with Crippen LogP contribution in [0.4, 0.5) is 0 Å². The van der Waals surface area contributed by atoms with Gasteiger partial charge in [0, 0.05) is 11.6 Å². The minimum Gasteiger partial charge on any atom is -0.495 e. The zero-order chi connectivity index (χ0) is 12.5. The van der Waals surface area contributed by atoms with Crippen LogP contribution in [0.15, 0.2) is 16.6 Å². The van der Waals surface area contributed by atoms with Crippen molar-refractivity contribution in [1.29, 1.82) is 0 Å². The lowest BCUT2D eigenvalue weighted by Crippen LogP contribution is -2.14. The fourth-order valence-corrected chi connectivity index (χ4v) is 2.24. The van der Waals surface area contributed by atoms with Gasteiger partial charge in [-0.2, -0.15) is 0 Å². The maximum absolute atomic E-state index is 5.97. The molecule has 0 aromatic heterocycles. The third-order valence-electron chi connectivity index (χ3n) is 2.63. The second-order valence-corrected chi connectivity index (χ2v) is 5.97. The monoisotopic (exact) mass is 285 g/mol. The van der Waals surface area contributed by atoms with Crippen LogP contribution in [0.25, 0.3) is 0 Å². The molecule has 3 heteroatoms. The second-order valence-electron chi connectivity index (χ2n) is 5.12. The number of rotatable bonds is 2. The summed E-state index contributed by atoms with van der Waals surface area (Å²) in [6.45, 7) is 8.53.